The van der Waals surface area contributed by atoms with Gasteiger partial charge in [-0.25, -0.2) is 0 Å². The predicted octanol–water partition coefficient (Wildman–Crippen LogP) is 9.02. The van der Waals surface area contributed by atoms with Gasteiger partial charge >= 0.3 is 0 Å². The molecule has 0 saturated heterocycles. The predicted molar refractivity (Wildman–Crippen MR) is 179 cm³/mol. The van der Waals surface area contributed by atoms with Gasteiger partial charge in [-0.15, -0.1) is 0 Å². The van der Waals surface area contributed by atoms with E-state index in [1.165, 1.54) is 0 Å². The lowest BCUT2D eigenvalue weighted by Gasteiger charge is -2.33. The van der Waals surface area contributed by atoms with Gasteiger partial charge in [0.05, 0.1) is 23.7 Å². The van der Waals surface area contributed by atoms with Crippen molar-refractivity contribution in [3.05, 3.63) is 136 Å². The fourth-order valence-corrected chi connectivity index (χ4v) is 7.03. The van der Waals surface area contributed by atoms with Crippen molar-refractivity contribution in [2.75, 3.05) is 10.2 Å². The molecule has 2 aliphatic rings. The number of aromatic amines is 1. The van der Waals surface area contributed by atoms with E-state index in [2.05, 4.69) is 43.2 Å². The molecule has 1 aromatic heterocycles. The highest BCUT2D eigenvalue weighted by Crippen LogP contribution is 2.49. The number of Topliss-reactive ketones (excluding diaryl/α,β-unsaturated/α-hetero) is 1. The molecule has 1 unspecified atom stereocenters. The van der Waals surface area contributed by atoms with Gasteiger partial charge in [-0.1, -0.05) is 92.2 Å². The van der Waals surface area contributed by atoms with E-state index >= 15 is 0 Å². The number of allylic oxidation sites excluding steroid dienone is 2. The Morgan fingerprint density at radius 3 is 2.39 bits per heavy atom. The lowest BCUT2D eigenvalue weighted by molar-refractivity contribution is -0.119. The summed E-state index contributed by atoms with van der Waals surface area (Å²) in [6, 6.07) is 31.8. The Morgan fingerprint density at radius 1 is 0.886 bits per heavy atom. The molecule has 7 rings (SSSR count). The molecule has 1 atom stereocenters. The van der Waals surface area contributed by atoms with E-state index in [4.69, 9.17) is 11.6 Å². The number of para-hydroxylation sites is 2. The van der Waals surface area contributed by atoms with E-state index < -0.39 is 5.92 Å². The summed E-state index contributed by atoms with van der Waals surface area (Å²) in [5, 5.41) is 5.19. The number of amides is 1. The smallest absolute Gasteiger partial charge is 0.239 e. The topological polar surface area (TPSA) is 65.2 Å². The van der Waals surface area contributed by atoms with Crippen LogP contribution in [0.4, 0.5) is 11.4 Å². The Balaban J connectivity index is 1.45. The average molecular weight is 600 g/mol. The fraction of sp³-hybridized carbons (Fsp3) is 0.211. The highest BCUT2D eigenvalue weighted by molar-refractivity contribution is 6.30. The van der Waals surface area contributed by atoms with Crippen LogP contribution in [-0.4, -0.2) is 16.7 Å². The van der Waals surface area contributed by atoms with E-state index in [9.17, 15) is 9.59 Å². The number of rotatable bonds is 6. The number of hydrogen-bond donors (Lipinski definition) is 2. The maximum atomic E-state index is 14.6. The minimum absolute atomic E-state index is 0.00936. The van der Waals surface area contributed by atoms with E-state index in [1.807, 2.05) is 89.8 Å². The first-order chi connectivity index (χ1) is 21.2. The summed E-state index contributed by atoms with van der Waals surface area (Å²) in [7, 11) is 0. The first-order valence-electron chi connectivity index (χ1n) is 15.0. The van der Waals surface area contributed by atoms with Gasteiger partial charge in [0.1, 0.15) is 0 Å². The molecule has 0 radical (unpaired) electrons. The Morgan fingerprint density at radius 2 is 1.61 bits per heavy atom. The van der Waals surface area contributed by atoms with Crippen molar-refractivity contribution in [3.8, 4) is 0 Å². The highest BCUT2D eigenvalue weighted by atomic mass is 35.5. The van der Waals surface area contributed by atoms with E-state index in [0.717, 1.165) is 55.9 Å². The Bertz CT molecular complexity index is 1950. The number of ketones is 1. The van der Waals surface area contributed by atoms with Gasteiger partial charge in [-0.3, -0.25) is 9.59 Å². The van der Waals surface area contributed by atoms with Crippen LogP contribution in [0.3, 0.4) is 0 Å². The molecule has 0 spiro atoms. The van der Waals surface area contributed by atoms with E-state index in [0.29, 0.717) is 30.0 Å². The second kappa shape index (κ2) is 10.8. The molecule has 1 amide bonds. The van der Waals surface area contributed by atoms with Crippen LogP contribution in [0.25, 0.3) is 16.5 Å². The van der Waals surface area contributed by atoms with Crippen LogP contribution >= 0.6 is 11.6 Å². The van der Waals surface area contributed by atoms with Crippen molar-refractivity contribution in [2.24, 2.45) is 5.41 Å². The van der Waals surface area contributed by atoms with Gasteiger partial charge in [0.25, 0.3) is 0 Å². The second-order valence-electron chi connectivity index (χ2n) is 12.7. The summed E-state index contributed by atoms with van der Waals surface area (Å²) in [5.74, 6) is -0.495. The minimum Gasteiger partial charge on any atom is -0.358 e. The molecule has 4 aromatic carbocycles. The Labute approximate surface area is 262 Å². The van der Waals surface area contributed by atoms with Crippen LogP contribution in [0.15, 0.2) is 103 Å². The first-order valence-corrected chi connectivity index (χ1v) is 15.4. The molecule has 2 N–H and O–H groups in total. The van der Waals surface area contributed by atoms with Gasteiger partial charge < -0.3 is 15.2 Å². The van der Waals surface area contributed by atoms with Crippen molar-refractivity contribution in [1.82, 2.24) is 4.98 Å². The summed E-state index contributed by atoms with van der Waals surface area (Å²) in [6.45, 7) is 6.79. The third kappa shape index (κ3) is 4.91. The summed E-state index contributed by atoms with van der Waals surface area (Å²) >= 11 is 6.18. The van der Waals surface area contributed by atoms with Crippen LogP contribution in [0.1, 0.15) is 60.6 Å². The standard InChI is InChI=1S/C38H34ClN3O2/c1-23-10-9-14-28-32(33-27-13-7-8-15-30(27)42(37(33)44)22-24-11-5-4-6-12-24)36(41-35(23)28)34-29(20-38(2,3)21-31(34)43)40-26-18-16-25(39)17-19-26/h4-19,33,40-41H,20-22H2,1-3H3. The maximum absolute atomic E-state index is 14.6. The molecule has 5 aromatic rings. The molecule has 1 aliphatic carbocycles. The van der Waals surface area contributed by atoms with Crippen molar-refractivity contribution in [1.29, 1.82) is 0 Å². The van der Waals surface area contributed by atoms with Crippen molar-refractivity contribution < 1.29 is 9.59 Å². The number of carbonyl (C=O) groups excluding carboxylic acids is 2. The van der Waals surface area contributed by atoms with Crippen molar-refractivity contribution in [2.45, 2.75) is 46.1 Å². The second-order valence-corrected chi connectivity index (χ2v) is 13.2. The monoisotopic (exact) mass is 599 g/mol. The summed E-state index contributed by atoms with van der Waals surface area (Å²) in [6.07, 6.45) is 1.09. The number of aryl methyl sites for hydroxylation is 1. The number of hydrogen-bond acceptors (Lipinski definition) is 3. The Kier molecular flexibility index (Phi) is 6.94. The SMILES string of the molecule is Cc1cccc2c(C3C(=O)N(Cc4ccccc4)c4ccccc43)c(C3=C(Nc4ccc(Cl)cc4)CC(C)(C)CC3=O)[nH]c12. The molecule has 6 heteroatoms. The fourth-order valence-electron chi connectivity index (χ4n) is 6.90. The molecular formula is C38H34ClN3O2. The maximum Gasteiger partial charge on any atom is 0.239 e. The molecule has 0 bridgehead atoms. The number of benzene rings is 4. The third-order valence-corrected chi connectivity index (χ3v) is 9.12. The number of nitrogens with zero attached hydrogens (tertiary/aromatic N) is 1. The largest absolute Gasteiger partial charge is 0.358 e. The van der Waals surface area contributed by atoms with Gasteiger partial charge in [0, 0.05) is 45.0 Å². The van der Waals surface area contributed by atoms with E-state index in [-0.39, 0.29) is 17.1 Å². The number of H-pyrrole nitrogens is 1. The normalized spacial score (nSPS) is 17.8. The number of carbonyl (C=O) groups is 2. The number of halogens is 1. The summed E-state index contributed by atoms with van der Waals surface area (Å²) in [5.41, 5.74) is 8.61. The molecule has 0 fully saturated rings. The molecule has 2 heterocycles. The van der Waals surface area contributed by atoms with Crippen LogP contribution < -0.4 is 10.2 Å². The molecule has 44 heavy (non-hydrogen) atoms. The van der Waals surface area contributed by atoms with Crippen LogP contribution in [0.2, 0.25) is 5.02 Å². The molecule has 5 nitrogen and oxygen atoms in total. The third-order valence-electron chi connectivity index (χ3n) is 8.87. The average Bonchev–Trinajstić information content (AvgIpc) is 3.49. The van der Waals surface area contributed by atoms with Crippen molar-refractivity contribution in [3.63, 3.8) is 0 Å². The molecule has 1 aliphatic heterocycles. The first kappa shape index (κ1) is 28.2. The van der Waals surface area contributed by atoms with Gasteiger partial charge in [-0.2, -0.15) is 0 Å². The summed E-state index contributed by atoms with van der Waals surface area (Å²) in [4.78, 5) is 34.3. The lowest BCUT2D eigenvalue weighted by Crippen LogP contribution is -2.30. The van der Waals surface area contributed by atoms with Crippen LogP contribution in [0, 0.1) is 12.3 Å². The van der Waals surface area contributed by atoms with Crippen LogP contribution in [0.5, 0.6) is 0 Å². The number of anilines is 2. The number of aromatic nitrogens is 1. The zero-order valence-corrected chi connectivity index (χ0v) is 25.8. The zero-order valence-electron chi connectivity index (χ0n) is 25.1. The quantitative estimate of drug-likeness (QED) is 0.205. The van der Waals surface area contributed by atoms with Crippen molar-refractivity contribution >= 4 is 51.1 Å². The van der Waals surface area contributed by atoms with Gasteiger partial charge in [-0.05, 0) is 65.8 Å². The molecule has 220 valence electrons. The number of nitrogens with one attached hydrogen (secondary N) is 2. The van der Waals surface area contributed by atoms with Gasteiger partial charge in [0.2, 0.25) is 5.91 Å². The highest BCUT2D eigenvalue weighted by Gasteiger charge is 2.43. The molecular weight excluding hydrogens is 566 g/mol. The van der Waals surface area contributed by atoms with E-state index in [1.54, 1.807) is 0 Å². The summed E-state index contributed by atoms with van der Waals surface area (Å²) < 4.78 is 0. The molecule has 0 saturated carbocycles. The zero-order chi connectivity index (χ0) is 30.6. The number of fused-ring (bicyclic) bond motifs is 2. The van der Waals surface area contributed by atoms with Gasteiger partial charge in [0.15, 0.2) is 5.78 Å². The van der Waals surface area contributed by atoms with Crippen LogP contribution in [-0.2, 0) is 16.1 Å². The Hall–Kier alpha value is -4.61. The minimum atomic E-state index is -0.563. The lowest BCUT2D eigenvalue weighted by atomic mass is 9.74.